The normalized spacial score (nSPS) is 12.3. The van der Waals surface area contributed by atoms with Crippen LogP contribution in [0.3, 0.4) is 0 Å². The van der Waals surface area contributed by atoms with E-state index in [-0.39, 0.29) is 11.1 Å². The molecule has 122 valence electrons. The van der Waals surface area contributed by atoms with E-state index in [0.717, 1.165) is 6.07 Å². The topological polar surface area (TPSA) is 42.0 Å². The van der Waals surface area contributed by atoms with E-state index in [4.69, 9.17) is 0 Å². The summed E-state index contributed by atoms with van der Waals surface area (Å²) < 4.78 is 53.4. The summed E-state index contributed by atoms with van der Waals surface area (Å²) in [5, 5.41) is 2.36. The fraction of sp³-hybridized carbons (Fsp3) is 0.200. The molecule has 0 saturated carbocycles. The Hall–Kier alpha value is -1.96. The molecule has 3 nitrogen and oxygen atoms in total. The van der Waals surface area contributed by atoms with Crippen molar-refractivity contribution >= 4 is 21.8 Å². The smallest absolute Gasteiger partial charge is 0.266 e. The molecule has 0 unspecified atom stereocenters. The lowest BCUT2D eigenvalue weighted by molar-refractivity contribution is 0.0934. The molecule has 2 rings (SSSR count). The molecule has 0 saturated heterocycles. The predicted octanol–water partition coefficient (Wildman–Crippen LogP) is 4.55. The Morgan fingerprint density at radius 2 is 1.91 bits per heavy atom. The lowest BCUT2D eigenvalue weighted by Gasteiger charge is -2.17. The van der Waals surface area contributed by atoms with Crippen molar-refractivity contribution in [2.75, 3.05) is 0 Å². The number of benzene rings is 1. The maximum absolute atomic E-state index is 14.0. The van der Waals surface area contributed by atoms with Gasteiger partial charge in [-0.1, -0.05) is 18.2 Å². The van der Waals surface area contributed by atoms with Gasteiger partial charge in [-0.2, -0.15) is 4.39 Å². The minimum absolute atomic E-state index is 0.112. The van der Waals surface area contributed by atoms with Gasteiger partial charge in [0, 0.05) is 16.2 Å². The number of carbonyl (C=O) groups is 1. The number of nitrogens with zero attached hydrogens (tertiary/aromatic N) is 1. The first-order valence-corrected chi connectivity index (χ1v) is 7.29. The first-order valence-electron chi connectivity index (χ1n) is 6.49. The molecule has 0 spiro atoms. The third-order valence-corrected chi connectivity index (χ3v) is 3.59. The SMILES string of the molecule is C[C@@H](NC(=O)c1cc(Br)cnc1F)c1cccc(C(F)F)c1F. The highest BCUT2D eigenvalue weighted by molar-refractivity contribution is 9.10. The molecule has 1 N–H and O–H groups in total. The van der Waals surface area contributed by atoms with Crippen LogP contribution in [0.5, 0.6) is 0 Å². The van der Waals surface area contributed by atoms with Gasteiger partial charge in [0.15, 0.2) is 0 Å². The summed E-state index contributed by atoms with van der Waals surface area (Å²) in [6.45, 7) is 1.41. The van der Waals surface area contributed by atoms with Crippen LogP contribution in [0.25, 0.3) is 0 Å². The summed E-state index contributed by atoms with van der Waals surface area (Å²) in [6, 6.07) is 3.80. The van der Waals surface area contributed by atoms with Gasteiger partial charge in [-0.25, -0.2) is 18.2 Å². The number of amides is 1. The summed E-state index contributed by atoms with van der Waals surface area (Å²) in [6.07, 6.45) is -1.79. The van der Waals surface area contributed by atoms with Crippen molar-refractivity contribution in [1.82, 2.24) is 10.3 Å². The van der Waals surface area contributed by atoms with Gasteiger partial charge in [-0.05, 0) is 28.9 Å². The van der Waals surface area contributed by atoms with E-state index in [1.54, 1.807) is 0 Å². The Morgan fingerprint density at radius 3 is 2.57 bits per heavy atom. The number of nitrogens with one attached hydrogen (secondary N) is 1. The van der Waals surface area contributed by atoms with Crippen LogP contribution in [-0.2, 0) is 0 Å². The van der Waals surface area contributed by atoms with Gasteiger partial charge in [-0.3, -0.25) is 4.79 Å². The molecular weight excluding hydrogens is 380 g/mol. The van der Waals surface area contributed by atoms with Crippen molar-refractivity contribution in [3.05, 3.63) is 63.4 Å². The number of pyridine rings is 1. The first-order chi connectivity index (χ1) is 10.8. The van der Waals surface area contributed by atoms with Gasteiger partial charge >= 0.3 is 0 Å². The summed E-state index contributed by atoms with van der Waals surface area (Å²) in [4.78, 5) is 15.4. The molecule has 1 heterocycles. The highest BCUT2D eigenvalue weighted by Gasteiger charge is 2.22. The van der Waals surface area contributed by atoms with Gasteiger partial charge in [0.25, 0.3) is 12.3 Å². The lowest BCUT2D eigenvalue weighted by atomic mass is 10.0. The van der Waals surface area contributed by atoms with Crippen LogP contribution in [-0.4, -0.2) is 10.9 Å². The van der Waals surface area contributed by atoms with Crippen LogP contribution in [0.15, 0.2) is 34.9 Å². The summed E-state index contributed by atoms with van der Waals surface area (Å²) in [7, 11) is 0. The number of alkyl halides is 2. The lowest BCUT2D eigenvalue weighted by Crippen LogP contribution is -2.28. The molecule has 0 fully saturated rings. The molecule has 1 aromatic heterocycles. The average molecular weight is 391 g/mol. The van der Waals surface area contributed by atoms with Gasteiger partial charge in [0.2, 0.25) is 5.95 Å². The van der Waals surface area contributed by atoms with Crippen molar-refractivity contribution in [2.45, 2.75) is 19.4 Å². The number of aromatic nitrogens is 1. The van der Waals surface area contributed by atoms with Crippen LogP contribution in [0.2, 0.25) is 0 Å². The van der Waals surface area contributed by atoms with Gasteiger partial charge in [0.05, 0.1) is 17.2 Å². The Kier molecular flexibility index (Phi) is 5.35. The van der Waals surface area contributed by atoms with E-state index >= 15 is 0 Å². The monoisotopic (exact) mass is 390 g/mol. The molecule has 0 aliphatic rings. The highest BCUT2D eigenvalue weighted by Crippen LogP contribution is 2.27. The Labute approximate surface area is 137 Å². The van der Waals surface area contributed by atoms with Crippen LogP contribution in [0, 0.1) is 11.8 Å². The van der Waals surface area contributed by atoms with Gasteiger partial charge in [-0.15, -0.1) is 0 Å². The standard InChI is InChI=1S/C15H11BrF4N2O/c1-7(9-3-2-4-10(12(9)17)13(18)19)22-15(23)11-5-8(16)6-21-14(11)20/h2-7,13H,1H3,(H,22,23)/t7-/m1/s1. The number of hydrogen-bond donors (Lipinski definition) is 1. The highest BCUT2D eigenvalue weighted by atomic mass is 79.9. The third kappa shape index (κ3) is 3.87. The minimum atomic E-state index is -2.97. The van der Waals surface area contributed by atoms with E-state index in [1.807, 2.05) is 0 Å². The quantitative estimate of drug-likeness (QED) is 0.614. The Morgan fingerprint density at radius 1 is 1.26 bits per heavy atom. The number of carbonyl (C=O) groups excluding carboxylic acids is 1. The molecule has 0 bridgehead atoms. The van der Waals surface area contributed by atoms with Crippen molar-refractivity contribution in [1.29, 1.82) is 0 Å². The second-order valence-corrected chi connectivity index (χ2v) is 5.65. The largest absolute Gasteiger partial charge is 0.345 e. The Balaban J connectivity index is 2.25. The molecule has 1 atom stereocenters. The first kappa shape index (κ1) is 17.4. The molecule has 23 heavy (non-hydrogen) atoms. The van der Waals surface area contributed by atoms with E-state index in [9.17, 15) is 22.4 Å². The van der Waals surface area contributed by atoms with Crippen LogP contribution in [0.4, 0.5) is 17.6 Å². The fourth-order valence-electron chi connectivity index (χ4n) is 2.01. The van der Waals surface area contributed by atoms with Crippen molar-refractivity contribution in [3.63, 3.8) is 0 Å². The van der Waals surface area contributed by atoms with E-state index in [0.29, 0.717) is 4.47 Å². The van der Waals surface area contributed by atoms with Gasteiger partial charge < -0.3 is 5.32 Å². The zero-order valence-electron chi connectivity index (χ0n) is 11.8. The van der Waals surface area contributed by atoms with Crippen LogP contribution >= 0.6 is 15.9 Å². The van der Waals surface area contributed by atoms with Crippen molar-refractivity contribution < 1.29 is 22.4 Å². The molecular formula is C15H11BrF4N2O. The summed E-state index contributed by atoms with van der Waals surface area (Å²) >= 11 is 3.06. The molecule has 0 radical (unpaired) electrons. The van der Waals surface area contributed by atoms with Crippen molar-refractivity contribution in [3.8, 4) is 0 Å². The summed E-state index contributed by atoms with van der Waals surface area (Å²) in [5.74, 6) is -2.91. The van der Waals surface area contributed by atoms with Crippen LogP contribution < -0.4 is 5.32 Å². The molecule has 1 amide bonds. The zero-order valence-corrected chi connectivity index (χ0v) is 13.4. The minimum Gasteiger partial charge on any atom is -0.345 e. The predicted molar refractivity (Wildman–Crippen MR) is 79.1 cm³/mol. The molecule has 2 aromatic rings. The second-order valence-electron chi connectivity index (χ2n) is 4.74. The third-order valence-electron chi connectivity index (χ3n) is 3.16. The molecule has 0 aliphatic heterocycles. The average Bonchev–Trinajstić information content (AvgIpc) is 2.49. The number of halogens is 5. The maximum atomic E-state index is 14.0. The van der Waals surface area contributed by atoms with E-state index in [1.165, 1.54) is 31.3 Å². The molecule has 1 aromatic carbocycles. The van der Waals surface area contributed by atoms with Gasteiger partial charge in [0.1, 0.15) is 5.82 Å². The van der Waals surface area contributed by atoms with Crippen molar-refractivity contribution in [2.24, 2.45) is 0 Å². The molecule has 8 heteroatoms. The second kappa shape index (κ2) is 7.08. The van der Waals surface area contributed by atoms with Crippen LogP contribution in [0.1, 0.15) is 40.9 Å². The fourth-order valence-corrected chi connectivity index (χ4v) is 2.34. The maximum Gasteiger partial charge on any atom is 0.266 e. The zero-order chi connectivity index (χ0) is 17.1. The van der Waals surface area contributed by atoms with E-state index in [2.05, 4.69) is 26.2 Å². The Bertz CT molecular complexity index is 739. The molecule has 0 aliphatic carbocycles. The number of rotatable bonds is 4. The van der Waals surface area contributed by atoms with E-state index < -0.39 is 35.7 Å². The number of hydrogen-bond acceptors (Lipinski definition) is 2. The summed E-state index contributed by atoms with van der Waals surface area (Å²) in [5.41, 5.74) is -1.20.